The molecule has 16 heavy (non-hydrogen) atoms. The van der Waals surface area contributed by atoms with Gasteiger partial charge in [-0.25, -0.2) is 0 Å². The molecule has 2 heteroatoms. The van der Waals surface area contributed by atoms with Crippen LogP contribution < -0.4 is 0 Å². The molecular weight excluding hydrogens is 198 g/mol. The molecule has 2 rings (SSSR count). The van der Waals surface area contributed by atoms with Crippen LogP contribution in [0.2, 0.25) is 0 Å². The molecule has 1 atom stereocenters. The van der Waals surface area contributed by atoms with Crippen LogP contribution in [0.3, 0.4) is 0 Å². The summed E-state index contributed by atoms with van der Waals surface area (Å²) < 4.78 is 0. The van der Waals surface area contributed by atoms with Gasteiger partial charge in [0.25, 0.3) is 0 Å². The third kappa shape index (κ3) is 2.43. The van der Waals surface area contributed by atoms with Crippen LogP contribution in [0, 0.1) is 6.92 Å². The predicted octanol–water partition coefficient (Wildman–Crippen LogP) is 2.55. The van der Waals surface area contributed by atoms with Gasteiger partial charge in [-0.15, -0.1) is 0 Å². The van der Waals surface area contributed by atoms with E-state index < -0.39 is 0 Å². The Hall–Kier alpha value is -1.31. The van der Waals surface area contributed by atoms with Crippen molar-refractivity contribution in [2.24, 2.45) is 0 Å². The molecule has 1 aromatic carbocycles. The van der Waals surface area contributed by atoms with Crippen LogP contribution in [-0.2, 0) is 11.2 Å². The van der Waals surface area contributed by atoms with Crippen molar-refractivity contribution < 1.29 is 4.79 Å². The summed E-state index contributed by atoms with van der Waals surface area (Å²) in [7, 11) is 0. The van der Waals surface area contributed by atoms with Gasteiger partial charge in [-0.3, -0.25) is 4.79 Å². The van der Waals surface area contributed by atoms with Crippen molar-refractivity contribution in [3.63, 3.8) is 0 Å². The third-order valence-electron chi connectivity index (χ3n) is 3.39. The van der Waals surface area contributed by atoms with Crippen LogP contribution in [0.1, 0.15) is 30.9 Å². The molecule has 0 aromatic heterocycles. The van der Waals surface area contributed by atoms with Gasteiger partial charge >= 0.3 is 0 Å². The van der Waals surface area contributed by atoms with E-state index in [1.54, 1.807) is 0 Å². The van der Waals surface area contributed by atoms with Crippen LogP contribution >= 0.6 is 0 Å². The van der Waals surface area contributed by atoms with E-state index in [0.29, 0.717) is 11.9 Å². The number of nitrogens with zero attached hydrogens (tertiary/aromatic N) is 1. The molecule has 1 amide bonds. The summed E-state index contributed by atoms with van der Waals surface area (Å²) in [5.74, 6) is 0.319. The molecule has 1 aliphatic rings. The van der Waals surface area contributed by atoms with Crippen molar-refractivity contribution in [3.8, 4) is 0 Å². The number of amides is 1. The molecule has 1 fully saturated rings. The second kappa shape index (κ2) is 4.69. The molecule has 0 N–H and O–H groups in total. The maximum atomic E-state index is 11.6. The van der Waals surface area contributed by atoms with E-state index in [1.165, 1.54) is 11.1 Å². The predicted molar refractivity (Wildman–Crippen MR) is 65.3 cm³/mol. The SMILES string of the molecule is Cc1ccc(CCN2C(=O)CC[C@@H]2C)cc1. The number of carbonyl (C=O) groups excluding carboxylic acids is 1. The first-order chi connectivity index (χ1) is 7.66. The Labute approximate surface area is 97.3 Å². The molecule has 1 heterocycles. The summed E-state index contributed by atoms with van der Waals surface area (Å²) in [6.45, 7) is 5.10. The van der Waals surface area contributed by atoms with Crippen LogP contribution in [0.4, 0.5) is 0 Å². The second-order valence-corrected chi connectivity index (χ2v) is 4.71. The first-order valence-corrected chi connectivity index (χ1v) is 6.02. The monoisotopic (exact) mass is 217 g/mol. The zero-order chi connectivity index (χ0) is 11.5. The topological polar surface area (TPSA) is 20.3 Å². The fraction of sp³-hybridized carbons (Fsp3) is 0.500. The highest BCUT2D eigenvalue weighted by Crippen LogP contribution is 2.18. The van der Waals surface area contributed by atoms with Crippen LogP contribution in [-0.4, -0.2) is 23.4 Å². The first kappa shape index (κ1) is 11.2. The van der Waals surface area contributed by atoms with E-state index in [9.17, 15) is 4.79 Å². The van der Waals surface area contributed by atoms with Gasteiger partial charge in [0, 0.05) is 19.0 Å². The van der Waals surface area contributed by atoms with E-state index in [1.807, 2.05) is 4.90 Å². The lowest BCUT2D eigenvalue weighted by molar-refractivity contribution is -0.128. The number of rotatable bonds is 3. The molecule has 1 saturated heterocycles. The summed E-state index contributed by atoms with van der Waals surface area (Å²) in [6.07, 6.45) is 2.72. The van der Waals surface area contributed by atoms with Crippen molar-refractivity contribution in [3.05, 3.63) is 35.4 Å². The van der Waals surface area contributed by atoms with E-state index in [4.69, 9.17) is 0 Å². The highest BCUT2D eigenvalue weighted by molar-refractivity contribution is 5.78. The van der Waals surface area contributed by atoms with Gasteiger partial charge in [0.05, 0.1) is 0 Å². The molecule has 0 bridgehead atoms. The quantitative estimate of drug-likeness (QED) is 0.762. The lowest BCUT2D eigenvalue weighted by Gasteiger charge is -2.21. The van der Waals surface area contributed by atoms with Gasteiger partial charge in [-0.2, -0.15) is 0 Å². The standard InChI is InChI=1S/C14H19NO/c1-11-3-6-13(7-4-11)9-10-15-12(2)5-8-14(15)16/h3-4,6-7,12H,5,8-10H2,1-2H3/t12-/m0/s1. The number of carbonyl (C=O) groups is 1. The van der Waals surface area contributed by atoms with Crippen LogP contribution in [0.5, 0.6) is 0 Å². The minimum Gasteiger partial charge on any atom is -0.340 e. The van der Waals surface area contributed by atoms with Gasteiger partial charge in [0.2, 0.25) is 5.91 Å². The number of aryl methyl sites for hydroxylation is 1. The average Bonchev–Trinajstić information content (AvgIpc) is 2.59. The Morgan fingerprint density at radius 1 is 1.31 bits per heavy atom. The fourth-order valence-electron chi connectivity index (χ4n) is 2.23. The maximum Gasteiger partial charge on any atom is 0.222 e. The molecule has 1 aliphatic heterocycles. The van der Waals surface area contributed by atoms with E-state index >= 15 is 0 Å². The average molecular weight is 217 g/mol. The summed E-state index contributed by atoms with van der Waals surface area (Å²) in [5, 5.41) is 0. The highest BCUT2D eigenvalue weighted by atomic mass is 16.2. The number of benzene rings is 1. The number of likely N-dealkylation sites (tertiary alicyclic amines) is 1. The zero-order valence-corrected chi connectivity index (χ0v) is 10.1. The van der Waals surface area contributed by atoms with E-state index in [-0.39, 0.29) is 0 Å². The highest BCUT2D eigenvalue weighted by Gasteiger charge is 2.26. The Bertz CT molecular complexity index is 369. The summed E-state index contributed by atoms with van der Waals surface area (Å²) in [4.78, 5) is 13.6. The summed E-state index contributed by atoms with van der Waals surface area (Å²) in [6, 6.07) is 8.99. The van der Waals surface area contributed by atoms with Gasteiger partial charge in [0.15, 0.2) is 0 Å². The normalized spacial score (nSPS) is 20.5. The molecule has 86 valence electrons. The summed E-state index contributed by atoms with van der Waals surface area (Å²) >= 11 is 0. The molecule has 0 saturated carbocycles. The zero-order valence-electron chi connectivity index (χ0n) is 10.1. The minimum atomic E-state index is 0.319. The lowest BCUT2D eigenvalue weighted by atomic mass is 10.1. The molecule has 1 aromatic rings. The fourth-order valence-corrected chi connectivity index (χ4v) is 2.23. The maximum absolute atomic E-state index is 11.6. The number of hydrogen-bond acceptors (Lipinski definition) is 1. The van der Waals surface area contributed by atoms with Gasteiger partial charge < -0.3 is 4.90 Å². The van der Waals surface area contributed by atoms with Crippen molar-refractivity contribution >= 4 is 5.91 Å². The van der Waals surface area contributed by atoms with Crippen LogP contribution in [0.25, 0.3) is 0 Å². The molecule has 0 unspecified atom stereocenters. The molecule has 2 nitrogen and oxygen atoms in total. The van der Waals surface area contributed by atoms with E-state index in [0.717, 1.165) is 25.8 Å². The second-order valence-electron chi connectivity index (χ2n) is 4.71. The van der Waals surface area contributed by atoms with Crippen molar-refractivity contribution in [2.75, 3.05) is 6.54 Å². The molecule has 0 spiro atoms. The number of hydrogen-bond donors (Lipinski definition) is 0. The van der Waals surface area contributed by atoms with Crippen molar-refractivity contribution in [2.45, 2.75) is 39.2 Å². The van der Waals surface area contributed by atoms with Crippen molar-refractivity contribution in [1.29, 1.82) is 0 Å². The Morgan fingerprint density at radius 3 is 2.56 bits per heavy atom. The largest absolute Gasteiger partial charge is 0.340 e. The van der Waals surface area contributed by atoms with Gasteiger partial charge in [-0.1, -0.05) is 29.8 Å². The minimum absolute atomic E-state index is 0.319. The molecular formula is C14H19NO. The van der Waals surface area contributed by atoms with Crippen LogP contribution in [0.15, 0.2) is 24.3 Å². The summed E-state index contributed by atoms with van der Waals surface area (Å²) in [5.41, 5.74) is 2.60. The van der Waals surface area contributed by atoms with Crippen molar-refractivity contribution in [1.82, 2.24) is 4.90 Å². The molecule has 0 aliphatic carbocycles. The third-order valence-corrected chi connectivity index (χ3v) is 3.39. The Kier molecular flexibility index (Phi) is 3.28. The molecule has 0 radical (unpaired) electrons. The first-order valence-electron chi connectivity index (χ1n) is 6.02. The van der Waals surface area contributed by atoms with E-state index in [2.05, 4.69) is 38.1 Å². The Balaban J connectivity index is 1.92. The van der Waals surface area contributed by atoms with Gasteiger partial charge in [-0.05, 0) is 32.3 Å². The smallest absolute Gasteiger partial charge is 0.222 e. The van der Waals surface area contributed by atoms with Gasteiger partial charge in [0.1, 0.15) is 0 Å². The lowest BCUT2D eigenvalue weighted by Crippen LogP contribution is -2.32. The Morgan fingerprint density at radius 2 is 2.00 bits per heavy atom.